The highest BCUT2D eigenvalue weighted by Gasteiger charge is 2.25. The molecule has 5 heteroatoms. The number of aryl methyl sites for hydroxylation is 3. The van der Waals surface area contributed by atoms with Crippen LogP contribution in [0.3, 0.4) is 0 Å². The van der Waals surface area contributed by atoms with E-state index in [1.807, 2.05) is 35.6 Å². The van der Waals surface area contributed by atoms with E-state index in [9.17, 15) is 5.11 Å². The third-order valence-corrected chi connectivity index (χ3v) is 5.48. The zero-order valence-corrected chi connectivity index (χ0v) is 15.9. The normalized spacial score (nSPS) is 12.6. The van der Waals surface area contributed by atoms with Crippen molar-refractivity contribution >= 4 is 5.65 Å². The maximum atomic E-state index is 10.7. The van der Waals surface area contributed by atoms with Crippen LogP contribution in [0.15, 0.2) is 48.5 Å². The Morgan fingerprint density at radius 3 is 2.68 bits per heavy atom. The predicted octanol–water partition coefficient (Wildman–Crippen LogP) is 4.11. The minimum atomic E-state index is 0.208. The molecule has 0 spiro atoms. The molecule has 2 heterocycles. The summed E-state index contributed by atoms with van der Waals surface area (Å²) in [7, 11) is 1.69. The van der Waals surface area contributed by atoms with Crippen molar-refractivity contribution in [1.29, 1.82) is 0 Å². The summed E-state index contributed by atoms with van der Waals surface area (Å²) in [5.41, 5.74) is 7.68. The Labute approximate surface area is 163 Å². The van der Waals surface area contributed by atoms with Crippen molar-refractivity contribution in [1.82, 2.24) is 14.4 Å². The summed E-state index contributed by atoms with van der Waals surface area (Å²) in [6, 6.07) is 16.4. The van der Waals surface area contributed by atoms with Crippen LogP contribution in [0.1, 0.15) is 28.2 Å². The van der Waals surface area contributed by atoms with E-state index < -0.39 is 0 Å². The monoisotopic (exact) mass is 371 g/mol. The molecule has 0 unspecified atom stereocenters. The van der Waals surface area contributed by atoms with Gasteiger partial charge in [0.05, 0.1) is 24.2 Å². The maximum absolute atomic E-state index is 10.7. The Kier molecular flexibility index (Phi) is 3.83. The van der Waals surface area contributed by atoms with Crippen molar-refractivity contribution in [3.8, 4) is 22.9 Å². The second-order valence-corrected chi connectivity index (χ2v) is 7.22. The Morgan fingerprint density at radius 2 is 1.89 bits per heavy atom. The van der Waals surface area contributed by atoms with Gasteiger partial charge in [-0.1, -0.05) is 30.3 Å². The first-order valence-corrected chi connectivity index (χ1v) is 9.46. The lowest BCUT2D eigenvalue weighted by atomic mass is 9.91. The highest BCUT2D eigenvalue weighted by atomic mass is 16.5. The van der Waals surface area contributed by atoms with Crippen LogP contribution in [0.2, 0.25) is 0 Å². The molecule has 0 bridgehead atoms. The van der Waals surface area contributed by atoms with Gasteiger partial charge in [0.2, 0.25) is 5.88 Å². The number of rotatable bonds is 3. The third-order valence-electron chi connectivity index (χ3n) is 5.48. The van der Waals surface area contributed by atoms with Crippen LogP contribution in [-0.4, -0.2) is 26.6 Å². The molecular formula is C23H21N3O2. The average Bonchev–Trinajstić information content (AvgIpc) is 3.03. The molecule has 1 aliphatic rings. The number of fused-ring (bicyclic) bond motifs is 5. The number of hydrogen-bond donors (Lipinski definition) is 1. The molecule has 0 amide bonds. The third kappa shape index (κ3) is 2.54. The van der Waals surface area contributed by atoms with E-state index >= 15 is 0 Å². The van der Waals surface area contributed by atoms with Crippen molar-refractivity contribution < 1.29 is 9.84 Å². The lowest BCUT2D eigenvalue weighted by molar-refractivity contribution is 0.414. The number of imidazole rings is 1. The fraction of sp³-hybridized carbons (Fsp3) is 0.217. The number of benzene rings is 2. The van der Waals surface area contributed by atoms with Gasteiger partial charge in [0.1, 0.15) is 11.4 Å². The molecule has 0 atom stereocenters. The van der Waals surface area contributed by atoms with Crippen LogP contribution in [0.4, 0.5) is 0 Å². The topological polar surface area (TPSA) is 59.7 Å². The van der Waals surface area contributed by atoms with Gasteiger partial charge in [-0.2, -0.15) is 0 Å². The van der Waals surface area contributed by atoms with Crippen LogP contribution < -0.4 is 4.74 Å². The largest absolute Gasteiger partial charge is 0.497 e. The van der Waals surface area contributed by atoms with Gasteiger partial charge >= 0.3 is 0 Å². The van der Waals surface area contributed by atoms with E-state index in [2.05, 4.69) is 29.2 Å². The first-order valence-electron chi connectivity index (χ1n) is 9.46. The van der Waals surface area contributed by atoms with Crippen molar-refractivity contribution in [2.75, 3.05) is 7.11 Å². The molecule has 0 saturated carbocycles. The van der Waals surface area contributed by atoms with Gasteiger partial charge in [-0.05, 0) is 49.1 Å². The number of hydrogen-bond acceptors (Lipinski definition) is 4. The molecule has 0 fully saturated rings. The maximum Gasteiger partial charge on any atom is 0.219 e. The van der Waals surface area contributed by atoms with E-state index in [4.69, 9.17) is 9.72 Å². The van der Waals surface area contributed by atoms with Gasteiger partial charge in [0.25, 0.3) is 0 Å². The number of aromatic hydroxyl groups is 1. The van der Waals surface area contributed by atoms with E-state index in [1.165, 1.54) is 11.1 Å². The highest BCUT2D eigenvalue weighted by molar-refractivity contribution is 5.72. The molecule has 4 aromatic rings. The molecule has 5 nitrogen and oxygen atoms in total. The lowest BCUT2D eigenvalue weighted by Gasteiger charge is -2.22. The van der Waals surface area contributed by atoms with Crippen LogP contribution in [0, 0.1) is 6.92 Å². The van der Waals surface area contributed by atoms with Gasteiger partial charge in [-0.25, -0.2) is 9.97 Å². The lowest BCUT2D eigenvalue weighted by Crippen LogP contribution is -2.13. The summed E-state index contributed by atoms with van der Waals surface area (Å²) in [5, 5.41) is 10.7. The van der Waals surface area contributed by atoms with Gasteiger partial charge < -0.3 is 9.84 Å². The Morgan fingerprint density at radius 1 is 1.07 bits per heavy atom. The molecule has 2 aromatic carbocycles. The molecule has 1 N–H and O–H groups in total. The van der Waals surface area contributed by atoms with E-state index in [-0.39, 0.29) is 5.88 Å². The second-order valence-electron chi connectivity index (χ2n) is 7.22. The second kappa shape index (κ2) is 6.37. The van der Waals surface area contributed by atoms with Gasteiger partial charge in [0, 0.05) is 12.0 Å². The van der Waals surface area contributed by atoms with Gasteiger partial charge in [-0.15, -0.1) is 0 Å². The summed E-state index contributed by atoms with van der Waals surface area (Å²) >= 11 is 0. The summed E-state index contributed by atoms with van der Waals surface area (Å²) in [6.45, 7) is 1.84. The first-order chi connectivity index (χ1) is 13.7. The van der Waals surface area contributed by atoms with Crippen LogP contribution >= 0.6 is 0 Å². The van der Waals surface area contributed by atoms with Crippen LogP contribution in [-0.2, 0) is 19.3 Å². The van der Waals surface area contributed by atoms with Gasteiger partial charge in [-0.3, -0.25) is 4.40 Å². The fourth-order valence-electron chi connectivity index (χ4n) is 4.07. The molecule has 1 aliphatic carbocycles. The van der Waals surface area contributed by atoms with Gasteiger partial charge in [0.15, 0.2) is 5.65 Å². The Hall–Kier alpha value is -3.34. The summed E-state index contributed by atoms with van der Waals surface area (Å²) in [6.07, 6.45) is 2.35. The van der Waals surface area contributed by atoms with Crippen molar-refractivity contribution in [2.45, 2.75) is 26.2 Å². The average molecular weight is 371 g/mol. The summed E-state index contributed by atoms with van der Waals surface area (Å²) in [4.78, 5) is 9.68. The van der Waals surface area contributed by atoms with E-state index in [1.54, 1.807) is 7.11 Å². The number of ether oxygens (including phenoxy) is 1. The molecule has 0 radical (unpaired) electrons. The molecule has 5 rings (SSSR count). The molecule has 0 aliphatic heterocycles. The Balaban J connectivity index is 1.76. The Bertz CT molecular complexity index is 1200. The zero-order chi connectivity index (χ0) is 19.3. The van der Waals surface area contributed by atoms with Crippen molar-refractivity contribution in [2.24, 2.45) is 0 Å². The SMILES string of the molecule is COc1ccc2c(c1)CCc1c-2nc(Cc2ccccc2)c2nc(C)c(O)n12. The standard InChI is InChI=1S/C23H21N3O2/c1-14-23(27)26-20-11-8-16-13-17(28-2)9-10-18(16)21(20)25-19(22(26)24-14)12-15-6-4-3-5-7-15/h3-7,9-10,13,27H,8,11-12H2,1-2H3. The number of aromatic nitrogens is 3. The number of nitrogens with zero attached hydrogens (tertiary/aromatic N) is 3. The summed E-state index contributed by atoms with van der Waals surface area (Å²) < 4.78 is 7.28. The number of methoxy groups -OCH3 is 1. The zero-order valence-electron chi connectivity index (χ0n) is 15.9. The van der Waals surface area contributed by atoms with Crippen LogP contribution in [0.25, 0.3) is 16.9 Å². The minimum Gasteiger partial charge on any atom is -0.497 e. The smallest absolute Gasteiger partial charge is 0.219 e. The first kappa shape index (κ1) is 16.8. The quantitative estimate of drug-likeness (QED) is 0.589. The molecule has 0 saturated heterocycles. The minimum absolute atomic E-state index is 0.208. The summed E-state index contributed by atoms with van der Waals surface area (Å²) in [5.74, 6) is 1.06. The van der Waals surface area contributed by atoms with E-state index in [0.29, 0.717) is 12.1 Å². The van der Waals surface area contributed by atoms with E-state index in [0.717, 1.165) is 46.9 Å². The molecule has 28 heavy (non-hydrogen) atoms. The van der Waals surface area contributed by atoms with Crippen molar-refractivity contribution in [3.05, 3.63) is 76.7 Å². The fourth-order valence-corrected chi connectivity index (χ4v) is 4.07. The predicted molar refractivity (Wildman–Crippen MR) is 108 cm³/mol. The van der Waals surface area contributed by atoms with Crippen molar-refractivity contribution in [3.63, 3.8) is 0 Å². The van der Waals surface area contributed by atoms with Crippen LogP contribution in [0.5, 0.6) is 11.6 Å². The molecule has 140 valence electrons. The molecule has 2 aromatic heterocycles. The highest BCUT2D eigenvalue weighted by Crippen LogP contribution is 2.37. The molecular weight excluding hydrogens is 350 g/mol.